The number of methoxy groups -OCH3 is 1. The monoisotopic (exact) mass is 434 g/mol. The molecular weight excluding hydrogens is 416 g/mol. The molecule has 3 aromatic carbocycles. The zero-order valence-corrected chi connectivity index (χ0v) is 17.3. The minimum atomic E-state index is -0.639. The number of aromatic nitrogens is 2. The number of rotatable bonds is 6. The molecule has 31 heavy (non-hydrogen) atoms. The van der Waals surface area contributed by atoms with Gasteiger partial charge in [0.25, 0.3) is 0 Å². The van der Waals surface area contributed by atoms with E-state index in [4.69, 9.17) is 20.8 Å². The molecule has 0 bridgehead atoms. The number of nitrogens with zero attached hydrogens (tertiary/aromatic N) is 2. The maximum Gasteiger partial charge on any atom is 0.320 e. The van der Waals surface area contributed by atoms with Crippen molar-refractivity contribution in [2.75, 3.05) is 12.4 Å². The number of ether oxygens (including phenoxy) is 1. The SMILES string of the molecule is COc1cccc(NC(=O)N[C@@H](c2ccccc2)c2nnc(-c3ccc(Cl)cc3)o2)c1. The van der Waals surface area contributed by atoms with Crippen molar-refractivity contribution in [3.8, 4) is 17.2 Å². The molecule has 8 heteroatoms. The summed E-state index contributed by atoms with van der Waals surface area (Å²) in [4.78, 5) is 12.7. The van der Waals surface area contributed by atoms with Gasteiger partial charge in [-0.15, -0.1) is 10.2 Å². The number of hydrogen-bond donors (Lipinski definition) is 2. The van der Waals surface area contributed by atoms with E-state index >= 15 is 0 Å². The first-order chi connectivity index (χ1) is 15.1. The van der Waals surface area contributed by atoms with E-state index in [1.807, 2.05) is 30.3 Å². The summed E-state index contributed by atoms with van der Waals surface area (Å²) in [6, 6.07) is 22.5. The third-order valence-corrected chi connectivity index (χ3v) is 4.77. The third-order valence-electron chi connectivity index (χ3n) is 4.51. The Morgan fingerprint density at radius 2 is 1.77 bits per heavy atom. The number of nitrogens with one attached hydrogen (secondary N) is 2. The normalized spacial score (nSPS) is 11.5. The number of carbonyl (C=O) groups is 1. The van der Waals surface area contributed by atoms with Crippen LogP contribution in [0, 0.1) is 0 Å². The highest BCUT2D eigenvalue weighted by atomic mass is 35.5. The number of benzene rings is 3. The van der Waals surface area contributed by atoms with Crippen molar-refractivity contribution >= 4 is 23.3 Å². The Kier molecular flexibility index (Phi) is 6.14. The van der Waals surface area contributed by atoms with E-state index in [0.29, 0.717) is 22.4 Å². The van der Waals surface area contributed by atoms with Crippen molar-refractivity contribution < 1.29 is 13.9 Å². The smallest absolute Gasteiger partial charge is 0.320 e. The number of anilines is 1. The highest BCUT2D eigenvalue weighted by Gasteiger charge is 2.23. The molecule has 7 nitrogen and oxygen atoms in total. The molecule has 2 N–H and O–H groups in total. The van der Waals surface area contributed by atoms with Gasteiger partial charge in [0.2, 0.25) is 11.8 Å². The molecule has 1 heterocycles. The standard InChI is InChI=1S/C23H19ClN4O3/c1-30-19-9-5-8-18(14-19)25-23(29)26-20(15-6-3-2-4-7-15)22-28-27-21(31-22)16-10-12-17(24)13-11-16/h2-14,20H,1H3,(H2,25,26,29)/t20-/m0/s1. The summed E-state index contributed by atoms with van der Waals surface area (Å²) in [6.07, 6.45) is 0. The Morgan fingerprint density at radius 1 is 1.00 bits per heavy atom. The Labute approximate surface area is 184 Å². The molecule has 4 rings (SSSR count). The second kappa shape index (κ2) is 9.32. The molecule has 4 aromatic rings. The summed E-state index contributed by atoms with van der Waals surface area (Å²) >= 11 is 5.95. The van der Waals surface area contributed by atoms with Gasteiger partial charge in [0.15, 0.2) is 0 Å². The fourth-order valence-corrected chi connectivity index (χ4v) is 3.12. The largest absolute Gasteiger partial charge is 0.497 e. The molecule has 0 aliphatic heterocycles. The lowest BCUT2D eigenvalue weighted by molar-refractivity contribution is 0.248. The van der Waals surface area contributed by atoms with E-state index in [0.717, 1.165) is 11.1 Å². The van der Waals surface area contributed by atoms with Crippen molar-refractivity contribution in [3.63, 3.8) is 0 Å². The Hall–Kier alpha value is -3.84. The van der Waals surface area contributed by atoms with Gasteiger partial charge in [0.1, 0.15) is 11.8 Å². The van der Waals surface area contributed by atoms with E-state index in [1.165, 1.54) is 0 Å². The number of amides is 2. The zero-order valence-electron chi connectivity index (χ0n) is 16.6. The maximum absolute atomic E-state index is 12.7. The summed E-state index contributed by atoms with van der Waals surface area (Å²) in [5.74, 6) is 1.24. The summed E-state index contributed by atoms with van der Waals surface area (Å²) in [6.45, 7) is 0. The fraction of sp³-hybridized carbons (Fsp3) is 0.0870. The van der Waals surface area contributed by atoms with E-state index in [9.17, 15) is 4.79 Å². The van der Waals surface area contributed by atoms with E-state index in [1.54, 1.807) is 55.6 Å². The highest BCUT2D eigenvalue weighted by molar-refractivity contribution is 6.30. The highest BCUT2D eigenvalue weighted by Crippen LogP contribution is 2.26. The molecule has 1 atom stereocenters. The summed E-state index contributed by atoms with van der Waals surface area (Å²) in [5, 5.41) is 14.6. The number of urea groups is 1. The minimum Gasteiger partial charge on any atom is -0.497 e. The average molecular weight is 435 g/mol. The first-order valence-corrected chi connectivity index (χ1v) is 9.86. The Balaban J connectivity index is 1.58. The van der Waals surface area contributed by atoms with Crippen LogP contribution >= 0.6 is 11.6 Å². The first kappa shape index (κ1) is 20.4. The number of halogens is 1. The summed E-state index contributed by atoms with van der Waals surface area (Å²) in [7, 11) is 1.57. The van der Waals surface area contributed by atoms with Crippen LogP contribution in [-0.4, -0.2) is 23.3 Å². The van der Waals surface area contributed by atoms with Crippen molar-refractivity contribution in [1.82, 2.24) is 15.5 Å². The molecule has 0 unspecified atom stereocenters. The first-order valence-electron chi connectivity index (χ1n) is 9.48. The number of hydrogen-bond acceptors (Lipinski definition) is 5. The molecule has 156 valence electrons. The van der Waals surface area contributed by atoms with Crippen molar-refractivity contribution in [3.05, 3.63) is 95.3 Å². The zero-order chi connectivity index (χ0) is 21.6. The molecule has 0 aliphatic rings. The predicted molar refractivity (Wildman–Crippen MR) is 118 cm³/mol. The van der Waals surface area contributed by atoms with E-state index < -0.39 is 12.1 Å². The van der Waals surface area contributed by atoms with Crippen LogP contribution in [0.2, 0.25) is 5.02 Å². The topological polar surface area (TPSA) is 89.3 Å². The van der Waals surface area contributed by atoms with Gasteiger partial charge >= 0.3 is 6.03 Å². The van der Waals surface area contributed by atoms with Crippen molar-refractivity contribution in [2.24, 2.45) is 0 Å². The van der Waals surface area contributed by atoms with Gasteiger partial charge < -0.3 is 19.8 Å². The van der Waals surface area contributed by atoms with Crippen LogP contribution in [0.1, 0.15) is 17.5 Å². The molecular formula is C23H19ClN4O3. The van der Waals surface area contributed by atoms with Gasteiger partial charge in [-0.3, -0.25) is 0 Å². The average Bonchev–Trinajstić information content (AvgIpc) is 3.28. The maximum atomic E-state index is 12.7. The van der Waals surface area contributed by atoms with Crippen LogP contribution in [0.5, 0.6) is 5.75 Å². The minimum absolute atomic E-state index is 0.261. The van der Waals surface area contributed by atoms with Gasteiger partial charge in [0, 0.05) is 22.3 Å². The van der Waals surface area contributed by atoms with Crippen LogP contribution in [0.25, 0.3) is 11.5 Å². The summed E-state index contributed by atoms with van der Waals surface area (Å²) in [5.41, 5.74) is 2.13. The van der Waals surface area contributed by atoms with Gasteiger partial charge in [-0.25, -0.2) is 4.79 Å². The van der Waals surface area contributed by atoms with Gasteiger partial charge in [-0.1, -0.05) is 48.0 Å². The summed E-state index contributed by atoms with van der Waals surface area (Å²) < 4.78 is 11.1. The van der Waals surface area contributed by atoms with Crippen LogP contribution in [0.3, 0.4) is 0 Å². The van der Waals surface area contributed by atoms with Crippen molar-refractivity contribution in [2.45, 2.75) is 6.04 Å². The second-order valence-corrected chi connectivity index (χ2v) is 7.06. The molecule has 0 radical (unpaired) electrons. The Morgan fingerprint density at radius 3 is 2.52 bits per heavy atom. The molecule has 0 saturated carbocycles. The van der Waals surface area contributed by atoms with Crippen LogP contribution in [0.4, 0.5) is 10.5 Å². The van der Waals surface area contributed by atoms with Crippen molar-refractivity contribution in [1.29, 1.82) is 0 Å². The lowest BCUT2D eigenvalue weighted by atomic mass is 10.1. The molecule has 2 amide bonds. The lowest BCUT2D eigenvalue weighted by Crippen LogP contribution is -2.33. The van der Waals surface area contributed by atoms with Gasteiger partial charge in [-0.05, 0) is 42.0 Å². The van der Waals surface area contributed by atoms with E-state index in [-0.39, 0.29) is 5.89 Å². The van der Waals surface area contributed by atoms with Crippen LogP contribution in [-0.2, 0) is 0 Å². The fourth-order valence-electron chi connectivity index (χ4n) is 2.99. The molecule has 1 aromatic heterocycles. The molecule has 0 fully saturated rings. The second-order valence-electron chi connectivity index (χ2n) is 6.63. The predicted octanol–water partition coefficient (Wildman–Crippen LogP) is 5.31. The van der Waals surface area contributed by atoms with E-state index in [2.05, 4.69) is 20.8 Å². The van der Waals surface area contributed by atoms with Crippen LogP contribution < -0.4 is 15.4 Å². The molecule has 0 aliphatic carbocycles. The molecule has 0 spiro atoms. The third kappa shape index (κ3) is 5.02. The molecule has 0 saturated heterocycles. The van der Waals surface area contributed by atoms with Gasteiger partial charge in [0.05, 0.1) is 7.11 Å². The number of carbonyl (C=O) groups excluding carboxylic acids is 1. The Bertz CT molecular complexity index is 1160. The lowest BCUT2D eigenvalue weighted by Gasteiger charge is -2.16. The quantitative estimate of drug-likeness (QED) is 0.429. The van der Waals surface area contributed by atoms with Gasteiger partial charge in [-0.2, -0.15) is 0 Å². The van der Waals surface area contributed by atoms with Crippen LogP contribution in [0.15, 0.2) is 83.3 Å².